The second-order valence-corrected chi connectivity index (χ2v) is 7.27. The van der Waals surface area contributed by atoms with Crippen molar-refractivity contribution in [1.29, 1.82) is 5.26 Å². The molecule has 4 aromatic rings. The molecule has 0 saturated heterocycles. The number of aryl methyl sites for hydroxylation is 1. The summed E-state index contributed by atoms with van der Waals surface area (Å²) in [7, 11) is 0. The molecule has 33 heavy (non-hydrogen) atoms. The summed E-state index contributed by atoms with van der Waals surface area (Å²) in [5.74, 6) is 0.904. The van der Waals surface area contributed by atoms with E-state index in [1.54, 1.807) is 18.3 Å². The SMILES string of the molecule is Cc1ccccc1COc1ccc(C=NNc2nc(-c3ccccc3)c(C#N)c(=O)[nH]2)cc1. The highest BCUT2D eigenvalue weighted by Crippen LogP contribution is 2.19. The van der Waals surface area contributed by atoms with Gasteiger partial charge in [0.15, 0.2) is 0 Å². The standard InChI is InChI=1S/C26H21N5O2/c1-18-7-5-6-10-21(18)17-33-22-13-11-19(12-14-22)16-28-31-26-29-24(20-8-3-2-4-9-20)23(15-27)25(32)30-26/h2-14,16H,17H2,1H3,(H2,29,30,31,32). The van der Waals surface area contributed by atoms with Crippen LogP contribution >= 0.6 is 0 Å². The van der Waals surface area contributed by atoms with Gasteiger partial charge in [-0.15, -0.1) is 0 Å². The number of hydrazone groups is 1. The van der Waals surface area contributed by atoms with E-state index in [0.29, 0.717) is 17.9 Å². The molecule has 7 nitrogen and oxygen atoms in total. The van der Waals surface area contributed by atoms with Crippen LogP contribution in [0.15, 0.2) is 88.8 Å². The fraction of sp³-hybridized carbons (Fsp3) is 0.0769. The fourth-order valence-corrected chi connectivity index (χ4v) is 3.19. The van der Waals surface area contributed by atoms with Crippen LogP contribution in [0.4, 0.5) is 5.95 Å². The van der Waals surface area contributed by atoms with Crippen LogP contribution in [0, 0.1) is 18.3 Å². The average Bonchev–Trinajstić information content (AvgIpc) is 2.84. The number of rotatable bonds is 7. The summed E-state index contributed by atoms with van der Waals surface area (Å²) in [5.41, 5.74) is 6.30. The van der Waals surface area contributed by atoms with Gasteiger partial charge in [-0.05, 0) is 47.9 Å². The highest BCUT2D eigenvalue weighted by molar-refractivity contribution is 5.80. The molecule has 7 heteroatoms. The van der Waals surface area contributed by atoms with E-state index < -0.39 is 5.56 Å². The van der Waals surface area contributed by atoms with Crippen molar-refractivity contribution in [2.45, 2.75) is 13.5 Å². The van der Waals surface area contributed by atoms with E-state index >= 15 is 0 Å². The molecule has 0 aliphatic heterocycles. The molecule has 0 fully saturated rings. The number of H-pyrrole nitrogens is 1. The van der Waals surface area contributed by atoms with Crippen LogP contribution in [0.2, 0.25) is 0 Å². The Labute approximate surface area is 191 Å². The zero-order valence-electron chi connectivity index (χ0n) is 17.9. The second-order valence-electron chi connectivity index (χ2n) is 7.27. The Morgan fingerprint density at radius 1 is 1.06 bits per heavy atom. The zero-order chi connectivity index (χ0) is 23.0. The van der Waals surface area contributed by atoms with Crippen LogP contribution in [0.25, 0.3) is 11.3 Å². The minimum atomic E-state index is -0.529. The number of nitrogens with one attached hydrogen (secondary N) is 2. The van der Waals surface area contributed by atoms with Gasteiger partial charge in [0.2, 0.25) is 5.95 Å². The molecule has 0 saturated carbocycles. The van der Waals surface area contributed by atoms with Gasteiger partial charge in [-0.3, -0.25) is 9.78 Å². The van der Waals surface area contributed by atoms with Gasteiger partial charge in [0, 0.05) is 5.56 Å². The van der Waals surface area contributed by atoms with E-state index in [2.05, 4.69) is 33.5 Å². The predicted molar refractivity (Wildman–Crippen MR) is 128 cm³/mol. The molecule has 0 spiro atoms. The third-order valence-electron chi connectivity index (χ3n) is 5.00. The minimum Gasteiger partial charge on any atom is -0.489 e. The van der Waals surface area contributed by atoms with E-state index in [4.69, 9.17) is 4.74 Å². The van der Waals surface area contributed by atoms with Gasteiger partial charge in [0.1, 0.15) is 24.0 Å². The van der Waals surface area contributed by atoms with E-state index in [-0.39, 0.29) is 11.5 Å². The van der Waals surface area contributed by atoms with Crippen molar-refractivity contribution in [1.82, 2.24) is 9.97 Å². The molecule has 0 aliphatic rings. The number of hydrogen-bond acceptors (Lipinski definition) is 6. The van der Waals surface area contributed by atoms with Crippen LogP contribution in [0.3, 0.4) is 0 Å². The van der Waals surface area contributed by atoms with E-state index in [1.165, 1.54) is 5.56 Å². The molecule has 3 aromatic carbocycles. The lowest BCUT2D eigenvalue weighted by Crippen LogP contribution is -2.16. The average molecular weight is 435 g/mol. The largest absolute Gasteiger partial charge is 0.489 e. The number of benzene rings is 3. The topological polar surface area (TPSA) is 103 Å². The Hall–Kier alpha value is -4.70. The molecule has 2 N–H and O–H groups in total. The first-order valence-electron chi connectivity index (χ1n) is 10.3. The maximum atomic E-state index is 12.3. The van der Waals surface area contributed by atoms with Gasteiger partial charge in [-0.2, -0.15) is 10.4 Å². The molecule has 0 unspecified atom stereocenters. The summed E-state index contributed by atoms with van der Waals surface area (Å²) in [6.45, 7) is 2.56. The molecule has 0 amide bonds. The highest BCUT2D eigenvalue weighted by atomic mass is 16.5. The fourth-order valence-electron chi connectivity index (χ4n) is 3.19. The Kier molecular flexibility index (Phi) is 6.57. The van der Waals surface area contributed by atoms with Gasteiger partial charge in [-0.25, -0.2) is 10.4 Å². The lowest BCUT2D eigenvalue weighted by Gasteiger charge is -2.08. The quantitative estimate of drug-likeness (QED) is 0.325. The molecule has 0 atom stereocenters. The lowest BCUT2D eigenvalue weighted by molar-refractivity contribution is 0.305. The molecular formula is C26H21N5O2. The van der Waals surface area contributed by atoms with Gasteiger partial charge in [0.05, 0.1) is 11.9 Å². The summed E-state index contributed by atoms with van der Waals surface area (Å²) in [5, 5.41) is 13.5. The molecule has 162 valence electrons. The van der Waals surface area contributed by atoms with Crippen molar-refractivity contribution in [3.63, 3.8) is 0 Å². The predicted octanol–water partition coefficient (Wildman–Crippen LogP) is 4.64. The normalized spacial score (nSPS) is 10.7. The molecular weight excluding hydrogens is 414 g/mol. The first kappa shape index (κ1) is 21.5. The molecule has 1 heterocycles. The number of nitriles is 1. The third-order valence-corrected chi connectivity index (χ3v) is 5.00. The van der Waals surface area contributed by atoms with Crippen molar-refractivity contribution >= 4 is 12.2 Å². The smallest absolute Gasteiger partial charge is 0.270 e. The molecule has 4 rings (SSSR count). The number of nitrogens with zero attached hydrogens (tertiary/aromatic N) is 3. The van der Waals surface area contributed by atoms with Crippen molar-refractivity contribution in [3.8, 4) is 23.1 Å². The Bertz CT molecular complexity index is 1370. The van der Waals surface area contributed by atoms with Gasteiger partial charge < -0.3 is 4.74 Å². The summed E-state index contributed by atoms with van der Waals surface area (Å²) in [4.78, 5) is 19.2. The van der Waals surface area contributed by atoms with Gasteiger partial charge >= 0.3 is 0 Å². The summed E-state index contributed by atoms with van der Waals surface area (Å²) < 4.78 is 5.86. The Morgan fingerprint density at radius 2 is 1.79 bits per heavy atom. The zero-order valence-corrected chi connectivity index (χ0v) is 17.9. The number of aromatic amines is 1. The van der Waals surface area contributed by atoms with Crippen LogP contribution in [0.5, 0.6) is 5.75 Å². The minimum absolute atomic E-state index is 0.0444. The lowest BCUT2D eigenvalue weighted by atomic mass is 10.1. The first-order valence-corrected chi connectivity index (χ1v) is 10.3. The van der Waals surface area contributed by atoms with Crippen LogP contribution in [-0.4, -0.2) is 16.2 Å². The van der Waals surface area contributed by atoms with Crippen molar-refractivity contribution in [2.75, 3.05) is 5.43 Å². The van der Waals surface area contributed by atoms with Crippen molar-refractivity contribution in [2.24, 2.45) is 5.10 Å². The summed E-state index contributed by atoms with van der Waals surface area (Å²) in [6, 6.07) is 26.6. The molecule has 0 radical (unpaired) electrons. The number of hydrogen-bond donors (Lipinski definition) is 2. The van der Waals surface area contributed by atoms with Gasteiger partial charge in [-0.1, -0.05) is 54.6 Å². The van der Waals surface area contributed by atoms with Crippen molar-refractivity contribution in [3.05, 3.63) is 111 Å². The third kappa shape index (κ3) is 5.32. The maximum absolute atomic E-state index is 12.3. The second kappa shape index (κ2) is 10.1. The van der Waals surface area contributed by atoms with Crippen molar-refractivity contribution < 1.29 is 4.74 Å². The Morgan fingerprint density at radius 3 is 2.52 bits per heavy atom. The number of anilines is 1. The highest BCUT2D eigenvalue weighted by Gasteiger charge is 2.12. The van der Waals surface area contributed by atoms with Crippen LogP contribution < -0.4 is 15.7 Å². The summed E-state index contributed by atoms with van der Waals surface area (Å²) in [6.07, 6.45) is 1.60. The molecule has 0 bridgehead atoms. The molecule has 0 aliphatic carbocycles. The Balaban J connectivity index is 1.43. The molecule has 1 aromatic heterocycles. The van der Waals surface area contributed by atoms with E-state index in [1.807, 2.05) is 66.7 Å². The van der Waals surface area contributed by atoms with Crippen LogP contribution in [-0.2, 0) is 6.61 Å². The van der Waals surface area contributed by atoms with E-state index in [0.717, 1.165) is 16.9 Å². The van der Waals surface area contributed by atoms with Crippen LogP contribution in [0.1, 0.15) is 22.3 Å². The van der Waals surface area contributed by atoms with E-state index in [9.17, 15) is 10.1 Å². The number of ether oxygens (including phenoxy) is 1. The van der Waals surface area contributed by atoms with Gasteiger partial charge in [0.25, 0.3) is 5.56 Å². The first-order chi connectivity index (χ1) is 16.1. The monoisotopic (exact) mass is 435 g/mol. The number of aromatic nitrogens is 2. The summed E-state index contributed by atoms with van der Waals surface area (Å²) >= 11 is 0. The maximum Gasteiger partial charge on any atom is 0.270 e.